The Kier molecular flexibility index (Phi) is 4.29. The molecule has 1 aromatic heterocycles. The molecule has 0 saturated heterocycles. The second-order valence-electron chi connectivity index (χ2n) is 3.02. The van der Waals surface area contributed by atoms with Gasteiger partial charge in [-0.3, -0.25) is 14.6 Å². The minimum absolute atomic E-state index is 0.121. The summed E-state index contributed by atoms with van der Waals surface area (Å²) in [6.07, 6.45) is 0.168. The molecular formula is C8H11N3O4S. The monoisotopic (exact) mass is 245 g/mol. The van der Waals surface area contributed by atoms with Crippen LogP contribution in [-0.4, -0.2) is 33.5 Å². The first-order chi connectivity index (χ1) is 7.52. The maximum atomic E-state index is 11.3. The van der Waals surface area contributed by atoms with Crippen LogP contribution < -0.4 is 11.2 Å². The molecule has 0 radical (unpaired) electrons. The Morgan fingerprint density at radius 3 is 2.81 bits per heavy atom. The number of hydrogen-bond donors (Lipinski definition) is 2. The van der Waals surface area contributed by atoms with E-state index in [1.807, 2.05) is 4.98 Å². The third kappa shape index (κ3) is 3.54. The topological polar surface area (TPSA) is 105 Å². The van der Waals surface area contributed by atoms with Crippen LogP contribution in [0.5, 0.6) is 0 Å². The Hall–Kier alpha value is -1.57. The Morgan fingerprint density at radius 1 is 1.56 bits per heavy atom. The number of H-pyrrole nitrogens is 2. The highest BCUT2D eigenvalue weighted by Gasteiger charge is 2.13. The molecule has 16 heavy (non-hydrogen) atoms. The van der Waals surface area contributed by atoms with Gasteiger partial charge in [-0.1, -0.05) is 18.7 Å². The first-order valence-corrected chi connectivity index (χ1v) is 5.33. The number of carbonyl (C=O) groups excluding carboxylic acids is 1. The number of aromatic nitrogens is 3. The van der Waals surface area contributed by atoms with Crippen molar-refractivity contribution in [3.8, 4) is 0 Å². The highest BCUT2D eigenvalue weighted by molar-refractivity contribution is 7.99. The molecule has 1 rings (SSSR count). The van der Waals surface area contributed by atoms with E-state index in [1.54, 1.807) is 6.92 Å². The first-order valence-electron chi connectivity index (χ1n) is 4.45. The van der Waals surface area contributed by atoms with Crippen LogP contribution in [0.25, 0.3) is 0 Å². The fraction of sp³-hybridized carbons (Fsp3) is 0.500. The lowest BCUT2D eigenvalue weighted by atomic mass is 10.3. The summed E-state index contributed by atoms with van der Waals surface area (Å²) >= 11 is 1.10. The Labute approximate surface area is 94.6 Å². The number of carbonyl (C=O) groups is 1. The number of nitrogens with zero attached hydrogens (tertiary/aromatic N) is 1. The van der Waals surface area contributed by atoms with Crippen LogP contribution in [0.1, 0.15) is 13.3 Å². The predicted molar refractivity (Wildman–Crippen MR) is 57.4 cm³/mol. The normalized spacial score (nSPS) is 12.1. The highest BCUT2D eigenvalue weighted by atomic mass is 32.2. The third-order valence-corrected chi connectivity index (χ3v) is 2.74. The van der Waals surface area contributed by atoms with Crippen molar-refractivity contribution in [2.24, 2.45) is 0 Å². The Bertz CT molecular complexity index is 481. The number of aromatic amines is 2. The van der Waals surface area contributed by atoms with E-state index in [0.717, 1.165) is 11.8 Å². The van der Waals surface area contributed by atoms with Crippen LogP contribution in [0, 0.1) is 0 Å². The van der Waals surface area contributed by atoms with E-state index in [1.165, 1.54) is 7.11 Å². The average Bonchev–Trinajstić information content (AvgIpc) is 2.22. The molecule has 1 aromatic rings. The van der Waals surface area contributed by atoms with Crippen molar-refractivity contribution in [2.45, 2.75) is 23.6 Å². The lowest BCUT2D eigenvalue weighted by Crippen LogP contribution is -2.25. The van der Waals surface area contributed by atoms with Crippen molar-refractivity contribution >= 4 is 17.7 Å². The largest absolute Gasteiger partial charge is 0.469 e. The average molecular weight is 245 g/mol. The Balaban J connectivity index is 2.70. The predicted octanol–water partition coefficient (Wildman–Crippen LogP) is -0.498. The van der Waals surface area contributed by atoms with Crippen LogP contribution in [0.2, 0.25) is 0 Å². The number of ether oxygens (including phenoxy) is 1. The van der Waals surface area contributed by atoms with E-state index in [4.69, 9.17) is 0 Å². The van der Waals surface area contributed by atoms with Crippen molar-refractivity contribution in [3.63, 3.8) is 0 Å². The van der Waals surface area contributed by atoms with Crippen molar-refractivity contribution in [3.05, 3.63) is 20.8 Å². The molecule has 0 spiro atoms. The van der Waals surface area contributed by atoms with Crippen molar-refractivity contribution in [1.82, 2.24) is 15.2 Å². The molecule has 8 heteroatoms. The molecule has 1 unspecified atom stereocenters. The number of methoxy groups -OCH3 is 1. The van der Waals surface area contributed by atoms with Crippen LogP contribution in [0.4, 0.5) is 0 Å². The van der Waals surface area contributed by atoms with E-state index in [9.17, 15) is 14.4 Å². The van der Waals surface area contributed by atoms with Gasteiger partial charge < -0.3 is 4.74 Å². The van der Waals surface area contributed by atoms with Gasteiger partial charge in [-0.2, -0.15) is 5.10 Å². The molecule has 0 aromatic carbocycles. The van der Waals surface area contributed by atoms with Gasteiger partial charge in [0, 0.05) is 5.25 Å². The standard InChI is InChI=1S/C8H11N3O4S/c1-4(3-5(12)15-2)16-7-6(13)9-8(14)11-10-7/h4H,3H2,1-2H3,(H2,9,11,13,14). The molecule has 7 nitrogen and oxygen atoms in total. The molecule has 2 N–H and O–H groups in total. The molecule has 1 atom stereocenters. The number of rotatable bonds is 4. The lowest BCUT2D eigenvalue weighted by molar-refractivity contribution is -0.140. The zero-order chi connectivity index (χ0) is 12.1. The summed E-state index contributed by atoms with van der Waals surface area (Å²) in [5.74, 6) is -0.360. The van der Waals surface area contributed by atoms with Crippen LogP contribution in [0.3, 0.4) is 0 Å². The van der Waals surface area contributed by atoms with Gasteiger partial charge in [-0.25, -0.2) is 9.89 Å². The molecule has 0 fully saturated rings. The summed E-state index contributed by atoms with van der Waals surface area (Å²) < 4.78 is 4.49. The minimum atomic E-state index is -0.657. The molecule has 1 heterocycles. The van der Waals surface area contributed by atoms with E-state index in [-0.39, 0.29) is 22.7 Å². The van der Waals surface area contributed by atoms with Gasteiger partial charge in [0.25, 0.3) is 5.56 Å². The second kappa shape index (κ2) is 5.50. The minimum Gasteiger partial charge on any atom is -0.469 e. The summed E-state index contributed by atoms with van der Waals surface area (Å²) in [6, 6.07) is 0. The van der Waals surface area contributed by atoms with Gasteiger partial charge in [0.15, 0.2) is 5.03 Å². The van der Waals surface area contributed by atoms with Gasteiger partial charge in [-0.15, -0.1) is 0 Å². The SMILES string of the molecule is COC(=O)CC(C)Sc1n[nH]c(=O)[nH]c1=O. The maximum Gasteiger partial charge on any atom is 0.342 e. The van der Waals surface area contributed by atoms with Crippen molar-refractivity contribution < 1.29 is 9.53 Å². The van der Waals surface area contributed by atoms with E-state index >= 15 is 0 Å². The van der Waals surface area contributed by atoms with Crippen molar-refractivity contribution in [2.75, 3.05) is 7.11 Å². The quantitative estimate of drug-likeness (QED) is 0.547. The second-order valence-corrected chi connectivity index (χ2v) is 4.45. The van der Waals surface area contributed by atoms with Crippen LogP contribution >= 0.6 is 11.8 Å². The van der Waals surface area contributed by atoms with E-state index < -0.39 is 11.2 Å². The number of thioether (sulfide) groups is 1. The van der Waals surface area contributed by atoms with Crippen LogP contribution in [-0.2, 0) is 9.53 Å². The molecule has 88 valence electrons. The summed E-state index contributed by atoms with van der Waals surface area (Å²) in [5, 5.41) is 5.66. The smallest absolute Gasteiger partial charge is 0.342 e. The van der Waals surface area contributed by atoms with Gasteiger partial charge in [-0.05, 0) is 0 Å². The van der Waals surface area contributed by atoms with Gasteiger partial charge in [0.2, 0.25) is 0 Å². The summed E-state index contributed by atoms with van der Waals surface area (Å²) in [5.41, 5.74) is -1.22. The van der Waals surface area contributed by atoms with Gasteiger partial charge in [0.1, 0.15) is 0 Å². The Morgan fingerprint density at radius 2 is 2.25 bits per heavy atom. The molecule has 0 amide bonds. The summed E-state index contributed by atoms with van der Waals surface area (Å²) in [7, 11) is 1.30. The third-order valence-electron chi connectivity index (χ3n) is 1.67. The highest BCUT2D eigenvalue weighted by Crippen LogP contribution is 2.19. The maximum absolute atomic E-state index is 11.3. The number of hydrogen-bond acceptors (Lipinski definition) is 6. The van der Waals surface area contributed by atoms with Gasteiger partial charge in [0.05, 0.1) is 13.5 Å². The molecule has 0 bridgehead atoms. The zero-order valence-corrected chi connectivity index (χ0v) is 9.59. The molecular weight excluding hydrogens is 234 g/mol. The first kappa shape index (κ1) is 12.5. The molecule has 0 aliphatic heterocycles. The molecule has 0 saturated carbocycles. The van der Waals surface area contributed by atoms with Crippen molar-refractivity contribution in [1.29, 1.82) is 0 Å². The molecule has 0 aliphatic rings. The number of nitrogens with one attached hydrogen (secondary N) is 2. The lowest BCUT2D eigenvalue weighted by Gasteiger charge is -2.07. The summed E-state index contributed by atoms with van der Waals surface area (Å²) in [6.45, 7) is 1.76. The van der Waals surface area contributed by atoms with E-state index in [2.05, 4.69) is 14.9 Å². The summed E-state index contributed by atoms with van der Waals surface area (Å²) in [4.78, 5) is 34.9. The fourth-order valence-electron chi connectivity index (χ4n) is 0.967. The number of esters is 1. The van der Waals surface area contributed by atoms with Gasteiger partial charge >= 0.3 is 11.7 Å². The zero-order valence-electron chi connectivity index (χ0n) is 8.77. The van der Waals surface area contributed by atoms with Crippen LogP contribution in [0.15, 0.2) is 14.6 Å². The fourth-order valence-corrected chi connectivity index (χ4v) is 1.82. The van der Waals surface area contributed by atoms with E-state index in [0.29, 0.717) is 0 Å². The molecule has 0 aliphatic carbocycles.